The molecule has 6 nitrogen and oxygen atoms in total. The summed E-state index contributed by atoms with van der Waals surface area (Å²) in [5, 5.41) is 4.54. The van der Waals surface area contributed by atoms with E-state index in [0.717, 1.165) is 28.8 Å². The molecule has 1 unspecified atom stereocenters. The fourth-order valence-electron chi connectivity index (χ4n) is 4.45. The molecule has 0 fully saturated rings. The van der Waals surface area contributed by atoms with E-state index in [0.29, 0.717) is 24.4 Å². The number of ketones is 1. The second-order valence-electron chi connectivity index (χ2n) is 8.72. The van der Waals surface area contributed by atoms with Gasteiger partial charge >= 0.3 is 5.97 Å². The third kappa shape index (κ3) is 3.16. The van der Waals surface area contributed by atoms with Gasteiger partial charge in [-0.2, -0.15) is 5.10 Å². The Hall–Kier alpha value is -2.89. The van der Waals surface area contributed by atoms with Gasteiger partial charge in [-0.05, 0) is 31.2 Å². The van der Waals surface area contributed by atoms with E-state index in [2.05, 4.69) is 18.9 Å². The summed E-state index contributed by atoms with van der Waals surface area (Å²) in [6.45, 7) is 8.35. The van der Waals surface area contributed by atoms with Crippen LogP contribution in [0.3, 0.4) is 0 Å². The zero-order valence-electron chi connectivity index (χ0n) is 17.7. The van der Waals surface area contributed by atoms with E-state index in [-0.39, 0.29) is 17.2 Å². The van der Waals surface area contributed by atoms with Gasteiger partial charge in [0.15, 0.2) is 5.78 Å². The molecule has 29 heavy (non-hydrogen) atoms. The molecule has 1 aliphatic carbocycles. The first-order valence-electron chi connectivity index (χ1n) is 10.0. The topological polar surface area (TPSA) is 64.4 Å². The molecule has 0 spiro atoms. The van der Waals surface area contributed by atoms with E-state index >= 15 is 0 Å². The number of hydrogen-bond donors (Lipinski definition) is 0. The van der Waals surface area contributed by atoms with Crippen LogP contribution in [0.1, 0.15) is 61.1 Å². The smallest absolute Gasteiger partial charge is 0.343 e. The number of esters is 1. The number of aromatic nitrogens is 2. The van der Waals surface area contributed by atoms with Crippen LogP contribution in [0.2, 0.25) is 0 Å². The lowest BCUT2D eigenvalue weighted by atomic mass is 9.72. The first-order valence-corrected chi connectivity index (χ1v) is 10.0. The number of hydrogen-bond acceptors (Lipinski definition) is 5. The van der Waals surface area contributed by atoms with Crippen molar-refractivity contribution in [3.05, 3.63) is 58.4 Å². The van der Waals surface area contributed by atoms with Crippen LogP contribution in [-0.4, -0.2) is 35.2 Å². The Bertz CT molecular complexity index is 1010. The summed E-state index contributed by atoms with van der Waals surface area (Å²) in [5.74, 6) is 0.430. The predicted octanol–water partition coefficient (Wildman–Crippen LogP) is 4.05. The first-order chi connectivity index (χ1) is 13.7. The summed E-state index contributed by atoms with van der Waals surface area (Å²) < 4.78 is 7.05. The lowest BCUT2D eigenvalue weighted by molar-refractivity contribution is -0.118. The van der Waals surface area contributed by atoms with Crippen molar-refractivity contribution >= 4 is 17.6 Å². The van der Waals surface area contributed by atoms with Crippen molar-refractivity contribution in [2.75, 3.05) is 18.6 Å². The second-order valence-corrected chi connectivity index (χ2v) is 8.72. The Morgan fingerprint density at radius 3 is 2.59 bits per heavy atom. The van der Waals surface area contributed by atoms with Gasteiger partial charge in [-0.15, -0.1) is 0 Å². The minimum atomic E-state index is -0.395. The number of rotatable bonds is 3. The molecular weight excluding hydrogens is 366 g/mol. The average molecular weight is 393 g/mol. The molecule has 0 saturated heterocycles. The van der Waals surface area contributed by atoms with Crippen molar-refractivity contribution in [2.45, 2.75) is 46.6 Å². The minimum absolute atomic E-state index is 0.131. The molecule has 2 aromatic rings. The van der Waals surface area contributed by atoms with Gasteiger partial charge in [0.05, 0.1) is 12.8 Å². The molecule has 0 amide bonds. The normalized spacial score (nSPS) is 20.4. The Labute approximate surface area is 171 Å². The minimum Gasteiger partial charge on any atom is -0.462 e. The molecule has 1 atom stereocenters. The SMILES string of the molecule is CCOC(=O)c1cnn2c1N(C)C1=C(C(=O)CC(C)(C)C1)C2c1ccc(C)cc1. The van der Waals surface area contributed by atoms with Crippen molar-refractivity contribution < 1.29 is 14.3 Å². The number of fused-ring (bicyclic) bond motifs is 1. The maximum atomic E-state index is 13.3. The van der Waals surface area contributed by atoms with Crippen LogP contribution in [0.5, 0.6) is 0 Å². The number of benzene rings is 1. The van der Waals surface area contributed by atoms with Gasteiger partial charge in [0, 0.05) is 24.7 Å². The van der Waals surface area contributed by atoms with Crippen LogP contribution in [-0.2, 0) is 9.53 Å². The number of nitrogens with zero attached hydrogens (tertiary/aromatic N) is 3. The molecule has 0 radical (unpaired) electrons. The fraction of sp³-hybridized carbons (Fsp3) is 0.435. The van der Waals surface area contributed by atoms with Gasteiger partial charge in [-0.1, -0.05) is 43.7 Å². The van der Waals surface area contributed by atoms with Crippen LogP contribution in [0.15, 0.2) is 41.7 Å². The summed E-state index contributed by atoms with van der Waals surface area (Å²) >= 11 is 0. The molecule has 0 N–H and O–H groups in total. The fourth-order valence-corrected chi connectivity index (χ4v) is 4.45. The van der Waals surface area contributed by atoms with Crippen molar-refractivity contribution in [3.63, 3.8) is 0 Å². The van der Waals surface area contributed by atoms with Crippen LogP contribution >= 0.6 is 0 Å². The largest absolute Gasteiger partial charge is 0.462 e. The third-order valence-corrected chi connectivity index (χ3v) is 5.79. The van der Waals surface area contributed by atoms with Crippen molar-refractivity contribution in [1.29, 1.82) is 0 Å². The van der Waals surface area contributed by atoms with Gasteiger partial charge < -0.3 is 9.64 Å². The molecule has 6 heteroatoms. The highest BCUT2D eigenvalue weighted by atomic mass is 16.5. The highest BCUT2D eigenvalue weighted by molar-refractivity contribution is 6.02. The van der Waals surface area contributed by atoms with Crippen molar-refractivity contribution in [1.82, 2.24) is 9.78 Å². The molecule has 2 aliphatic rings. The molecular formula is C23H27N3O3. The summed E-state index contributed by atoms with van der Waals surface area (Å²) in [5.41, 5.74) is 4.18. The summed E-state index contributed by atoms with van der Waals surface area (Å²) in [4.78, 5) is 27.8. The van der Waals surface area contributed by atoms with Gasteiger partial charge in [0.1, 0.15) is 17.4 Å². The van der Waals surface area contributed by atoms with E-state index in [9.17, 15) is 9.59 Å². The monoisotopic (exact) mass is 393 g/mol. The highest BCUT2D eigenvalue weighted by Gasteiger charge is 2.44. The quantitative estimate of drug-likeness (QED) is 0.736. The van der Waals surface area contributed by atoms with E-state index in [4.69, 9.17) is 4.74 Å². The van der Waals surface area contributed by atoms with Crippen LogP contribution < -0.4 is 4.90 Å². The lowest BCUT2D eigenvalue weighted by Crippen LogP contribution is -2.41. The molecule has 1 aliphatic heterocycles. The number of anilines is 1. The van der Waals surface area contributed by atoms with Crippen molar-refractivity contribution in [2.24, 2.45) is 5.41 Å². The maximum Gasteiger partial charge on any atom is 0.343 e. The zero-order valence-corrected chi connectivity index (χ0v) is 17.7. The van der Waals surface area contributed by atoms with Crippen molar-refractivity contribution in [3.8, 4) is 0 Å². The Morgan fingerprint density at radius 1 is 1.24 bits per heavy atom. The van der Waals surface area contributed by atoms with Crippen LogP contribution in [0.25, 0.3) is 0 Å². The van der Waals surface area contributed by atoms with E-state index in [1.54, 1.807) is 17.8 Å². The number of aryl methyl sites for hydroxylation is 1. The van der Waals surface area contributed by atoms with E-state index in [1.165, 1.54) is 0 Å². The highest BCUT2D eigenvalue weighted by Crippen LogP contribution is 2.48. The van der Waals surface area contributed by atoms with Gasteiger partial charge in [0.25, 0.3) is 0 Å². The van der Waals surface area contributed by atoms with Gasteiger partial charge in [-0.25, -0.2) is 9.48 Å². The Kier molecular flexibility index (Phi) is 4.60. The number of carbonyl (C=O) groups is 2. The molecule has 0 saturated carbocycles. The zero-order chi connectivity index (χ0) is 20.9. The molecule has 1 aromatic carbocycles. The van der Waals surface area contributed by atoms with Gasteiger partial charge in [-0.3, -0.25) is 4.79 Å². The molecule has 152 valence electrons. The summed E-state index contributed by atoms with van der Waals surface area (Å²) in [6.07, 6.45) is 2.82. The van der Waals surface area contributed by atoms with Crippen LogP contribution in [0.4, 0.5) is 5.82 Å². The number of Topliss-reactive ketones (excluding diaryl/α,β-unsaturated/α-hetero) is 1. The lowest BCUT2D eigenvalue weighted by Gasteiger charge is -2.43. The molecule has 0 bridgehead atoms. The van der Waals surface area contributed by atoms with Gasteiger partial charge in [0.2, 0.25) is 0 Å². The maximum absolute atomic E-state index is 13.3. The van der Waals surface area contributed by atoms with E-state index < -0.39 is 5.97 Å². The predicted molar refractivity (Wildman–Crippen MR) is 111 cm³/mol. The molecule has 1 aromatic heterocycles. The summed E-state index contributed by atoms with van der Waals surface area (Å²) in [6, 6.07) is 7.82. The summed E-state index contributed by atoms with van der Waals surface area (Å²) in [7, 11) is 1.91. The standard InChI is InChI=1S/C23H27N3O3/c1-6-29-22(28)16-13-24-26-20(15-9-7-14(2)8-10-15)19-17(25(5)21(16)26)11-23(3,4)12-18(19)27/h7-10,13,20H,6,11-12H2,1-5H3. The average Bonchev–Trinajstić information content (AvgIpc) is 3.09. The second kappa shape index (κ2) is 6.87. The van der Waals surface area contributed by atoms with E-state index in [1.807, 2.05) is 43.1 Å². The van der Waals surface area contributed by atoms with Crippen LogP contribution in [0, 0.1) is 12.3 Å². The molecule has 4 rings (SSSR count). The Balaban J connectivity index is 1.94. The first kappa shape index (κ1) is 19.4. The molecule has 2 heterocycles. The number of ether oxygens (including phenoxy) is 1. The Morgan fingerprint density at radius 2 is 1.93 bits per heavy atom. The number of allylic oxidation sites excluding steroid dienone is 2. The third-order valence-electron chi connectivity index (χ3n) is 5.79. The number of carbonyl (C=O) groups excluding carboxylic acids is 2.